The number of hydrogen-bond acceptors (Lipinski definition) is 5. The Morgan fingerprint density at radius 3 is 2.83 bits per heavy atom. The van der Waals surface area contributed by atoms with E-state index in [2.05, 4.69) is 62.0 Å². The Labute approximate surface area is 145 Å². The Morgan fingerprint density at radius 1 is 1.43 bits per heavy atom. The van der Waals surface area contributed by atoms with E-state index in [1.807, 2.05) is 18.0 Å². The molecule has 1 N–H and O–H groups in total. The van der Waals surface area contributed by atoms with Crippen LogP contribution in [0.1, 0.15) is 40.2 Å². The molecular formula is C18H31N3OS. The molecule has 2 rings (SSSR count). The third kappa shape index (κ3) is 6.69. The van der Waals surface area contributed by atoms with Gasteiger partial charge in [0.15, 0.2) is 0 Å². The average Bonchev–Trinajstić information content (AvgIpc) is 2.51. The summed E-state index contributed by atoms with van der Waals surface area (Å²) in [4.78, 5) is 6.92. The van der Waals surface area contributed by atoms with Crippen molar-refractivity contribution in [3.05, 3.63) is 23.9 Å². The maximum absolute atomic E-state index is 5.58. The summed E-state index contributed by atoms with van der Waals surface area (Å²) in [5, 5.41) is 3.58. The summed E-state index contributed by atoms with van der Waals surface area (Å²) in [5.74, 6) is 2.18. The number of nitrogens with one attached hydrogen (secondary N) is 1. The smallest absolute Gasteiger partial charge is 0.128 e. The van der Waals surface area contributed by atoms with Gasteiger partial charge in [0.1, 0.15) is 5.82 Å². The van der Waals surface area contributed by atoms with Crippen LogP contribution in [0, 0.1) is 0 Å². The molecule has 4 nitrogen and oxygen atoms in total. The van der Waals surface area contributed by atoms with Crippen molar-refractivity contribution in [2.75, 3.05) is 30.3 Å². The molecule has 23 heavy (non-hydrogen) atoms. The first-order valence-corrected chi connectivity index (χ1v) is 9.51. The van der Waals surface area contributed by atoms with Gasteiger partial charge in [-0.2, -0.15) is 11.8 Å². The number of thioether (sulfide) groups is 1. The Bertz CT molecular complexity index is 472. The molecule has 0 saturated carbocycles. The van der Waals surface area contributed by atoms with E-state index >= 15 is 0 Å². The normalized spacial score (nSPS) is 20.6. The second-order valence-electron chi connectivity index (χ2n) is 7.36. The summed E-state index contributed by atoms with van der Waals surface area (Å²) >= 11 is 2.00. The standard InChI is InChI=1S/C18H31N3OS/c1-14(13-23-18(3,4)5)19-10-16-6-7-17(20-11-16)21-8-9-22-15(2)12-21/h6-7,11,14-15,19H,8-10,12-13H2,1-5H3/t14-,15-/m1/s1. The number of rotatable bonds is 6. The highest BCUT2D eigenvalue weighted by atomic mass is 32.2. The van der Waals surface area contributed by atoms with E-state index in [9.17, 15) is 0 Å². The second kappa shape index (κ2) is 8.36. The first kappa shape index (κ1) is 18.6. The fraction of sp³-hybridized carbons (Fsp3) is 0.722. The number of aromatic nitrogens is 1. The van der Waals surface area contributed by atoms with Gasteiger partial charge in [-0.1, -0.05) is 26.8 Å². The maximum atomic E-state index is 5.58. The molecule has 1 aliphatic rings. The Kier molecular flexibility index (Phi) is 6.74. The molecule has 1 aliphatic heterocycles. The van der Waals surface area contributed by atoms with E-state index in [0.29, 0.717) is 10.8 Å². The van der Waals surface area contributed by atoms with Crippen molar-refractivity contribution in [2.24, 2.45) is 0 Å². The van der Waals surface area contributed by atoms with Gasteiger partial charge in [0.05, 0.1) is 12.7 Å². The number of nitrogens with zero attached hydrogens (tertiary/aromatic N) is 2. The fourth-order valence-corrected chi connectivity index (χ4v) is 3.33. The summed E-state index contributed by atoms with van der Waals surface area (Å²) in [7, 11) is 0. The van der Waals surface area contributed by atoms with Crippen molar-refractivity contribution >= 4 is 17.6 Å². The van der Waals surface area contributed by atoms with E-state index in [1.165, 1.54) is 5.56 Å². The van der Waals surface area contributed by atoms with E-state index in [-0.39, 0.29) is 6.10 Å². The predicted molar refractivity (Wildman–Crippen MR) is 100 cm³/mol. The molecule has 2 atom stereocenters. The molecule has 0 aromatic carbocycles. The molecule has 0 unspecified atom stereocenters. The van der Waals surface area contributed by atoms with Crippen molar-refractivity contribution in [3.63, 3.8) is 0 Å². The zero-order valence-corrected chi connectivity index (χ0v) is 15.9. The summed E-state index contributed by atoms with van der Waals surface area (Å²) in [6, 6.07) is 4.81. The summed E-state index contributed by atoms with van der Waals surface area (Å²) in [6.45, 7) is 14.7. The molecule has 130 valence electrons. The van der Waals surface area contributed by atoms with Gasteiger partial charge in [0.2, 0.25) is 0 Å². The minimum Gasteiger partial charge on any atom is -0.375 e. The molecule has 0 radical (unpaired) electrons. The summed E-state index contributed by atoms with van der Waals surface area (Å²) in [6.07, 6.45) is 2.28. The molecule has 0 spiro atoms. The summed E-state index contributed by atoms with van der Waals surface area (Å²) < 4.78 is 5.91. The van der Waals surface area contributed by atoms with Gasteiger partial charge in [0.25, 0.3) is 0 Å². The van der Waals surface area contributed by atoms with Crippen LogP contribution in [0.4, 0.5) is 5.82 Å². The third-order valence-corrected chi connectivity index (χ3v) is 5.33. The minimum atomic E-state index is 0.285. The van der Waals surface area contributed by atoms with E-state index in [1.54, 1.807) is 0 Å². The van der Waals surface area contributed by atoms with Gasteiger partial charge in [-0.25, -0.2) is 4.98 Å². The van der Waals surface area contributed by atoms with Crippen molar-refractivity contribution in [1.82, 2.24) is 10.3 Å². The van der Waals surface area contributed by atoms with Crippen LogP contribution in [-0.2, 0) is 11.3 Å². The van der Waals surface area contributed by atoms with Crippen molar-refractivity contribution in [2.45, 2.75) is 58.1 Å². The van der Waals surface area contributed by atoms with Gasteiger partial charge < -0.3 is 15.0 Å². The first-order valence-electron chi connectivity index (χ1n) is 8.52. The molecule has 1 fully saturated rings. The molecule has 0 aliphatic carbocycles. The molecule has 0 amide bonds. The lowest BCUT2D eigenvalue weighted by Gasteiger charge is -2.32. The number of pyridine rings is 1. The van der Waals surface area contributed by atoms with Crippen LogP contribution in [0.3, 0.4) is 0 Å². The lowest BCUT2D eigenvalue weighted by molar-refractivity contribution is 0.0529. The molecule has 1 saturated heterocycles. The highest BCUT2D eigenvalue weighted by Gasteiger charge is 2.17. The lowest BCUT2D eigenvalue weighted by Crippen LogP contribution is -2.41. The zero-order chi connectivity index (χ0) is 16.9. The average molecular weight is 338 g/mol. The molecule has 0 bridgehead atoms. The van der Waals surface area contributed by atoms with Crippen molar-refractivity contribution < 1.29 is 4.74 Å². The van der Waals surface area contributed by atoms with Gasteiger partial charge in [-0.05, 0) is 25.5 Å². The van der Waals surface area contributed by atoms with Gasteiger partial charge in [0, 0.05) is 42.4 Å². The molecule has 5 heteroatoms. The topological polar surface area (TPSA) is 37.4 Å². The van der Waals surface area contributed by atoms with Crippen molar-refractivity contribution in [1.29, 1.82) is 0 Å². The van der Waals surface area contributed by atoms with Crippen molar-refractivity contribution in [3.8, 4) is 0 Å². The predicted octanol–water partition coefficient (Wildman–Crippen LogP) is 3.32. The van der Waals surface area contributed by atoms with Crippen LogP contribution in [0.5, 0.6) is 0 Å². The fourth-order valence-electron chi connectivity index (χ4n) is 2.46. The number of ether oxygens (including phenoxy) is 1. The quantitative estimate of drug-likeness (QED) is 0.862. The van der Waals surface area contributed by atoms with Crippen LogP contribution in [0.2, 0.25) is 0 Å². The van der Waals surface area contributed by atoms with E-state index < -0.39 is 0 Å². The monoisotopic (exact) mass is 337 g/mol. The zero-order valence-electron chi connectivity index (χ0n) is 15.1. The Hall–Kier alpha value is -0.780. The largest absolute Gasteiger partial charge is 0.375 e. The molecule has 1 aromatic heterocycles. The van der Waals surface area contributed by atoms with Crippen LogP contribution < -0.4 is 10.2 Å². The van der Waals surface area contributed by atoms with Crippen LogP contribution in [0.25, 0.3) is 0 Å². The second-order valence-corrected chi connectivity index (χ2v) is 9.20. The van der Waals surface area contributed by atoms with Gasteiger partial charge in [-0.15, -0.1) is 0 Å². The molecule has 2 heterocycles. The Morgan fingerprint density at radius 2 is 2.22 bits per heavy atom. The highest BCUT2D eigenvalue weighted by Crippen LogP contribution is 2.23. The summed E-state index contributed by atoms with van der Waals surface area (Å²) in [5.41, 5.74) is 1.24. The number of morpholine rings is 1. The molecule has 1 aromatic rings. The van der Waals surface area contributed by atoms with Crippen LogP contribution in [-0.4, -0.2) is 47.3 Å². The minimum absolute atomic E-state index is 0.285. The van der Waals surface area contributed by atoms with Gasteiger partial charge >= 0.3 is 0 Å². The Balaban J connectivity index is 1.78. The van der Waals surface area contributed by atoms with E-state index in [0.717, 1.165) is 37.8 Å². The van der Waals surface area contributed by atoms with E-state index in [4.69, 9.17) is 4.74 Å². The lowest BCUT2D eigenvalue weighted by atomic mass is 10.2. The maximum Gasteiger partial charge on any atom is 0.128 e. The third-order valence-electron chi connectivity index (χ3n) is 3.80. The first-order chi connectivity index (χ1) is 10.8. The van der Waals surface area contributed by atoms with Crippen LogP contribution >= 0.6 is 11.8 Å². The molecular weight excluding hydrogens is 306 g/mol. The van der Waals surface area contributed by atoms with Crippen LogP contribution in [0.15, 0.2) is 18.3 Å². The highest BCUT2D eigenvalue weighted by molar-refractivity contribution is 8.00. The number of hydrogen-bond donors (Lipinski definition) is 1. The SMILES string of the molecule is C[C@H](CSC(C)(C)C)NCc1ccc(N2CCO[C@H](C)C2)nc1. The number of anilines is 1. The van der Waals surface area contributed by atoms with Gasteiger partial charge in [-0.3, -0.25) is 0 Å².